The van der Waals surface area contributed by atoms with E-state index in [1.165, 1.54) is 0 Å². The first-order valence-corrected chi connectivity index (χ1v) is 6.74. The lowest BCUT2D eigenvalue weighted by Gasteiger charge is -2.24. The third-order valence-corrected chi connectivity index (χ3v) is 3.96. The van der Waals surface area contributed by atoms with Gasteiger partial charge in [-0.25, -0.2) is 0 Å². The molecule has 5 heteroatoms. The Morgan fingerprint density at radius 3 is 2.67 bits per heavy atom. The lowest BCUT2D eigenvalue weighted by atomic mass is 9.97. The molecule has 0 aliphatic carbocycles. The van der Waals surface area contributed by atoms with Crippen LogP contribution in [0.2, 0.25) is 0 Å². The van der Waals surface area contributed by atoms with Crippen LogP contribution >= 0.6 is 12.4 Å². The van der Waals surface area contributed by atoms with Gasteiger partial charge in [0.1, 0.15) is 0 Å². The second-order valence-electron chi connectivity index (χ2n) is 5.27. The molecular weight excluding hydrogens is 250 g/mol. The van der Waals surface area contributed by atoms with Crippen molar-refractivity contribution >= 4 is 18.3 Å². The molecule has 1 unspecified atom stereocenters. The van der Waals surface area contributed by atoms with Gasteiger partial charge in [0.2, 0.25) is 5.91 Å². The van der Waals surface area contributed by atoms with Gasteiger partial charge in [-0.3, -0.25) is 4.79 Å². The van der Waals surface area contributed by atoms with E-state index in [2.05, 4.69) is 43.4 Å². The first-order valence-electron chi connectivity index (χ1n) is 6.74. The summed E-state index contributed by atoms with van der Waals surface area (Å²) >= 11 is 0. The topological polar surface area (TPSA) is 44.4 Å². The largest absolute Gasteiger partial charge is 0.355 e. The molecule has 1 amide bonds. The monoisotopic (exact) mass is 277 g/mol. The first-order chi connectivity index (χ1) is 8.06. The highest BCUT2D eigenvalue weighted by Crippen LogP contribution is 2.15. The molecule has 4 nitrogen and oxygen atoms in total. The number of nitrogens with one attached hydrogen (secondary N) is 2. The van der Waals surface area contributed by atoms with E-state index in [1.54, 1.807) is 0 Å². The van der Waals surface area contributed by atoms with E-state index in [4.69, 9.17) is 0 Å². The van der Waals surface area contributed by atoms with Gasteiger partial charge in [-0.2, -0.15) is 0 Å². The van der Waals surface area contributed by atoms with E-state index in [0.717, 1.165) is 32.6 Å². The number of halogens is 1. The van der Waals surface area contributed by atoms with Crippen LogP contribution in [0.4, 0.5) is 0 Å². The molecule has 1 aliphatic rings. The fourth-order valence-electron chi connectivity index (χ4n) is 2.18. The van der Waals surface area contributed by atoms with Crippen LogP contribution in [0, 0.1) is 11.8 Å². The summed E-state index contributed by atoms with van der Waals surface area (Å²) in [6.45, 7) is 10.0. The molecule has 108 valence electrons. The van der Waals surface area contributed by atoms with E-state index in [0.29, 0.717) is 12.0 Å². The highest BCUT2D eigenvalue weighted by Gasteiger charge is 2.29. The summed E-state index contributed by atoms with van der Waals surface area (Å²) in [5.74, 6) is 0.825. The maximum absolute atomic E-state index is 11.9. The van der Waals surface area contributed by atoms with Crippen molar-refractivity contribution in [2.75, 3.05) is 33.2 Å². The number of likely N-dealkylation sites (N-methyl/N-ethyl adjacent to an activating group) is 1. The van der Waals surface area contributed by atoms with Crippen LogP contribution in [-0.4, -0.2) is 50.1 Å². The van der Waals surface area contributed by atoms with Crippen LogP contribution < -0.4 is 10.6 Å². The molecule has 0 aromatic rings. The average molecular weight is 278 g/mol. The van der Waals surface area contributed by atoms with Crippen molar-refractivity contribution in [3.8, 4) is 0 Å². The molecule has 0 aromatic heterocycles. The lowest BCUT2D eigenvalue weighted by molar-refractivity contribution is -0.125. The molecule has 1 saturated heterocycles. The Morgan fingerprint density at radius 1 is 1.50 bits per heavy atom. The normalized spacial score (nSPS) is 24.7. The minimum atomic E-state index is 0. The van der Waals surface area contributed by atoms with Gasteiger partial charge in [0.15, 0.2) is 0 Å². The third kappa shape index (κ3) is 5.12. The van der Waals surface area contributed by atoms with Gasteiger partial charge in [-0.1, -0.05) is 13.8 Å². The maximum Gasteiger partial charge on any atom is 0.224 e. The number of carbonyl (C=O) groups excluding carboxylic acids is 1. The van der Waals surface area contributed by atoms with Gasteiger partial charge in [-0.05, 0) is 32.9 Å². The Kier molecular flexibility index (Phi) is 8.57. The minimum Gasteiger partial charge on any atom is -0.355 e. The zero-order chi connectivity index (χ0) is 12.8. The molecule has 1 rings (SSSR count). The molecule has 0 radical (unpaired) electrons. The standard InChI is InChI=1S/C13H27N3O.ClH/c1-5-11(3)16(4)7-6-15-13(17)12-9-14-8-10(12)2;/h10-12,14H,5-9H2,1-4H3,(H,15,17);1H/t10-,11?,12-;/m1./s1. The number of amides is 1. The molecule has 0 aromatic carbocycles. The van der Waals surface area contributed by atoms with Crippen molar-refractivity contribution in [2.45, 2.75) is 33.2 Å². The Bertz CT molecular complexity index is 250. The fourth-order valence-corrected chi connectivity index (χ4v) is 2.18. The summed E-state index contributed by atoms with van der Waals surface area (Å²) in [5, 5.41) is 6.30. The third-order valence-electron chi connectivity index (χ3n) is 3.96. The Hall–Kier alpha value is -0.320. The first kappa shape index (κ1) is 17.7. The van der Waals surface area contributed by atoms with Crippen LogP contribution in [-0.2, 0) is 4.79 Å². The number of hydrogen-bond donors (Lipinski definition) is 2. The summed E-state index contributed by atoms with van der Waals surface area (Å²) in [6.07, 6.45) is 1.15. The average Bonchev–Trinajstić information content (AvgIpc) is 2.74. The van der Waals surface area contributed by atoms with E-state index >= 15 is 0 Å². The molecule has 0 saturated carbocycles. The number of hydrogen-bond acceptors (Lipinski definition) is 3. The van der Waals surface area contributed by atoms with Crippen LogP contribution in [0.1, 0.15) is 27.2 Å². The predicted molar refractivity (Wildman–Crippen MR) is 78.2 cm³/mol. The molecule has 2 N–H and O–H groups in total. The zero-order valence-electron chi connectivity index (χ0n) is 12.0. The van der Waals surface area contributed by atoms with E-state index in [9.17, 15) is 4.79 Å². The predicted octanol–water partition coefficient (Wildman–Crippen LogP) is 1.11. The van der Waals surface area contributed by atoms with Crippen molar-refractivity contribution in [3.63, 3.8) is 0 Å². The number of nitrogens with zero attached hydrogens (tertiary/aromatic N) is 1. The van der Waals surface area contributed by atoms with Gasteiger partial charge in [-0.15, -0.1) is 12.4 Å². The molecule has 1 heterocycles. The van der Waals surface area contributed by atoms with Crippen molar-refractivity contribution in [3.05, 3.63) is 0 Å². The van der Waals surface area contributed by atoms with Crippen LogP contribution in [0.25, 0.3) is 0 Å². The van der Waals surface area contributed by atoms with E-state index in [1.807, 2.05) is 0 Å². The summed E-state index contributed by atoms with van der Waals surface area (Å²) in [7, 11) is 2.11. The Morgan fingerprint density at radius 2 is 2.17 bits per heavy atom. The van der Waals surface area contributed by atoms with Crippen molar-refractivity contribution < 1.29 is 4.79 Å². The minimum absolute atomic E-state index is 0. The summed E-state index contributed by atoms with van der Waals surface area (Å²) in [6, 6.07) is 0.582. The van der Waals surface area contributed by atoms with Gasteiger partial charge in [0.05, 0.1) is 5.92 Å². The quantitative estimate of drug-likeness (QED) is 0.765. The second kappa shape index (κ2) is 8.73. The Balaban J connectivity index is 0.00000289. The zero-order valence-corrected chi connectivity index (χ0v) is 12.8. The summed E-state index contributed by atoms with van der Waals surface area (Å²) in [4.78, 5) is 14.2. The number of rotatable bonds is 6. The molecule has 0 bridgehead atoms. The van der Waals surface area contributed by atoms with E-state index < -0.39 is 0 Å². The van der Waals surface area contributed by atoms with Gasteiger partial charge < -0.3 is 15.5 Å². The summed E-state index contributed by atoms with van der Waals surface area (Å²) < 4.78 is 0. The fraction of sp³-hybridized carbons (Fsp3) is 0.923. The van der Waals surface area contributed by atoms with Gasteiger partial charge in [0, 0.05) is 25.7 Å². The van der Waals surface area contributed by atoms with Crippen molar-refractivity contribution in [1.82, 2.24) is 15.5 Å². The van der Waals surface area contributed by atoms with E-state index in [-0.39, 0.29) is 24.2 Å². The van der Waals surface area contributed by atoms with Crippen LogP contribution in [0.15, 0.2) is 0 Å². The lowest BCUT2D eigenvalue weighted by Crippen LogP contribution is -2.40. The van der Waals surface area contributed by atoms with Crippen molar-refractivity contribution in [2.24, 2.45) is 11.8 Å². The molecule has 1 fully saturated rings. The molecule has 18 heavy (non-hydrogen) atoms. The highest BCUT2D eigenvalue weighted by molar-refractivity contribution is 5.85. The molecule has 3 atom stereocenters. The molecule has 0 spiro atoms. The summed E-state index contributed by atoms with van der Waals surface area (Å²) in [5.41, 5.74) is 0. The number of carbonyl (C=O) groups is 1. The smallest absolute Gasteiger partial charge is 0.224 e. The SMILES string of the molecule is CCC(C)N(C)CCNC(=O)[C@@H]1CNC[C@H]1C.Cl. The van der Waals surface area contributed by atoms with Gasteiger partial charge in [0.25, 0.3) is 0 Å². The molecule has 1 aliphatic heterocycles. The Labute approximate surface area is 117 Å². The van der Waals surface area contributed by atoms with Crippen molar-refractivity contribution in [1.29, 1.82) is 0 Å². The van der Waals surface area contributed by atoms with Gasteiger partial charge >= 0.3 is 0 Å². The maximum atomic E-state index is 11.9. The molecular formula is C13H28ClN3O. The van der Waals surface area contributed by atoms with Crippen LogP contribution in [0.5, 0.6) is 0 Å². The second-order valence-corrected chi connectivity index (χ2v) is 5.27. The highest BCUT2D eigenvalue weighted by atomic mass is 35.5. The van der Waals surface area contributed by atoms with Crippen LogP contribution in [0.3, 0.4) is 0 Å².